The molecule has 0 radical (unpaired) electrons. The van der Waals surface area contributed by atoms with Crippen molar-refractivity contribution in [2.45, 2.75) is 6.10 Å². The maximum Gasteiger partial charge on any atom is 0.247 e. The fraction of sp³-hybridized carbons (Fsp3) is 0.333. The molecular weight excluding hydrogens is 218 g/mol. The highest BCUT2D eigenvalue weighted by Crippen LogP contribution is 2.22. The van der Waals surface area contributed by atoms with Gasteiger partial charge < -0.3 is 14.5 Å². The summed E-state index contributed by atoms with van der Waals surface area (Å²) < 4.78 is 11.2. The first-order chi connectivity index (χ1) is 8.43. The van der Waals surface area contributed by atoms with Crippen LogP contribution in [0.5, 0.6) is 0 Å². The van der Waals surface area contributed by atoms with Gasteiger partial charge in [0.1, 0.15) is 6.10 Å². The molecule has 0 bridgehead atoms. The quantitative estimate of drug-likeness (QED) is 0.846. The van der Waals surface area contributed by atoms with Crippen LogP contribution < -0.4 is 5.32 Å². The van der Waals surface area contributed by atoms with E-state index in [0.29, 0.717) is 18.4 Å². The standard InChI is InChI=1S/C12H13N3O2/c1-2-4-9(5-3-1)11-14-15-12(17-11)10-8-13-6-7-16-10/h1-5,10,13H,6-8H2. The van der Waals surface area contributed by atoms with E-state index >= 15 is 0 Å². The van der Waals surface area contributed by atoms with Crippen molar-refractivity contribution in [3.8, 4) is 11.5 Å². The summed E-state index contributed by atoms with van der Waals surface area (Å²) in [5.41, 5.74) is 0.926. The average molecular weight is 231 g/mol. The van der Waals surface area contributed by atoms with Crippen LogP contribution in [-0.2, 0) is 4.74 Å². The molecule has 1 saturated heterocycles. The van der Waals surface area contributed by atoms with Gasteiger partial charge in [0.15, 0.2) is 0 Å². The number of ether oxygens (including phenoxy) is 1. The molecule has 1 aromatic heterocycles. The molecular formula is C12H13N3O2. The Labute approximate surface area is 98.8 Å². The molecule has 17 heavy (non-hydrogen) atoms. The number of rotatable bonds is 2. The zero-order valence-corrected chi connectivity index (χ0v) is 9.30. The molecule has 3 rings (SSSR count). The van der Waals surface area contributed by atoms with Gasteiger partial charge >= 0.3 is 0 Å². The van der Waals surface area contributed by atoms with Crippen LogP contribution in [0, 0.1) is 0 Å². The monoisotopic (exact) mass is 231 g/mol. The van der Waals surface area contributed by atoms with Crippen LogP contribution in [0.15, 0.2) is 34.7 Å². The van der Waals surface area contributed by atoms with Crippen molar-refractivity contribution in [1.82, 2.24) is 15.5 Å². The highest BCUT2D eigenvalue weighted by Gasteiger charge is 2.22. The Hall–Kier alpha value is -1.72. The lowest BCUT2D eigenvalue weighted by atomic mass is 10.2. The van der Waals surface area contributed by atoms with Crippen molar-refractivity contribution in [3.63, 3.8) is 0 Å². The van der Waals surface area contributed by atoms with Crippen LogP contribution in [-0.4, -0.2) is 29.9 Å². The molecule has 1 aromatic carbocycles. The van der Waals surface area contributed by atoms with Crippen molar-refractivity contribution >= 4 is 0 Å². The number of nitrogens with zero attached hydrogens (tertiary/aromatic N) is 2. The van der Waals surface area contributed by atoms with Gasteiger partial charge in [-0.05, 0) is 12.1 Å². The third-order valence-electron chi connectivity index (χ3n) is 2.66. The first-order valence-corrected chi connectivity index (χ1v) is 5.64. The Bertz CT molecular complexity index is 478. The first-order valence-electron chi connectivity index (χ1n) is 5.64. The van der Waals surface area contributed by atoms with E-state index in [0.717, 1.165) is 18.7 Å². The van der Waals surface area contributed by atoms with Gasteiger partial charge in [-0.25, -0.2) is 0 Å². The molecule has 2 heterocycles. The Morgan fingerprint density at radius 3 is 2.82 bits per heavy atom. The van der Waals surface area contributed by atoms with Gasteiger partial charge in [0, 0.05) is 18.7 Å². The summed E-state index contributed by atoms with van der Waals surface area (Å²) in [4.78, 5) is 0. The SMILES string of the molecule is c1ccc(-c2nnc(C3CNCCO3)o2)cc1. The molecule has 1 aliphatic heterocycles. The second kappa shape index (κ2) is 4.65. The number of hydrogen-bond donors (Lipinski definition) is 1. The average Bonchev–Trinajstić information content (AvgIpc) is 2.90. The molecule has 1 aliphatic rings. The molecule has 88 valence electrons. The lowest BCUT2D eigenvalue weighted by Gasteiger charge is -2.20. The van der Waals surface area contributed by atoms with Crippen molar-refractivity contribution in [2.75, 3.05) is 19.7 Å². The fourth-order valence-electron chi connectivity index (χ4n) is 1.79. The summed E-state index contributed by atoms with van der Waals surface area (Å²) in [6.07, 6.45) is -0.131. The summed E-state index contributed by atoms with van der Waals surface area (Å²) in [5.74, 6) is 1.07. The van der Waals surface area contributed by atoms with Crippen molar-refractivity contribution < 1.29 is 9.15 Å². The highest BCUT2D eigenvalue weighted by atomic mass is 16.5. The number of hydrogen-bond acceptors (Lipinski definition) is 5. The second-order valence-corrected chi connectivity index (χ2v) is 3.88. The Morgan fingerprint density at radius 2 is 2.06 bits per heavy atom. The van der Waals surface area contributed by atoms with E-state index in [1.54, 1.807) is 0 Å². The molecule has 1 unspecified atom stereocenters. The topological polar surface area (TPSA) is 60.2 Å². The van der Waals surface area contributed by atoms with Crippen molar-refractivity contribution in [2.24, 2.45) is 0 Å². The molecule has 5 nitrogen and oxygen atoms in total. The molecule has 5 heteroatoms. The third kappa shape index (κ3) is 2.20. The lowest BCUT2D eigenvalue weighted by molar-refractivity contribution is 0.0111. The van der Waals surface area contributed by atoms with Crippen LogP contribution in [0.25, 0.3) is 11.5 Å². The minimum atomic E-state index is -0.131. The van der Waals surface area contributed by atoms with Crippen LogP contribution in [0.4, 0.5) is 0 Å². The Balaban J connectivity index is 1.83. The number of benzene rings is 1. The smallest absolute Gasteiger partial charge is 0.247 e. The zero-order valence-electron chi connectivity index (χ0n) is 9.30. The Morgan fingerprint density at radius 1 is 1.18 bits per heavy atom. The van der Waals surface area contributed by atoms with E-state index in [1.165, 1.54) is 0 Å². The van der Waals surface area contributed by atoms with Crippen LogP contribution >= 0.6 is 0 Å². The molecule has 0 aliphatic carbocycles. The molecule has 1 N–H and O–H groups in total. The maximum absolute atomic E-state index is 5.62. The minimum Gasteiger partial charge on any atom is -0.418 e. The first kappa shape index (κ1) is 10.4. The number of aromatic nitrogens is 2. The van der Waals surface area contributed by atoms with E-state index in [1.807, 2.05) is 30.3 Å². The molecule has 0 spiro atoms. The molecule has 0 amide bonds. The summed E-state index contributed by atoms with van der Waals surface area (Å²) in [5, 5.41) is 11.3. The summed E-state index contributed by atoms with van der Waals surface area (Å²) in [6, 6.07) is 9.72. The lowest BCUT2D eigenvalue weighted by Crippen LogP contribution is -2.33. The third-order valence-corrected chi connectivity index (χ3v) is 2.66. The predicted octanol–water partition coefficient (Wildman–Crippen LogP) is 1.40. The largest absolute Gasteiger partial charge is 0.418 e. The zero-order chi connectivity index (χ0) is 11.5. The van der Waals surface area contributed by atoms with Gasteiger partial charge in [0.25, 0.3) is 0 Å². The summed E-state index contributed by atoms with van der Waals surface area (Å²) in [6.45, 7) is 2.26. The molecule has 2 aromatic rings. The van der Waals surface area contributed by atoms with E-state index in [-0.39, 0.29) is 6.10 Å². The fourth-order valence-corrected chi connectivity index (χ4v) is 1.79. The molecule has 1 fully saturated rings. The van der Waals surface area contributed by atoms with Crippen LogP contribution in [0.2, 0.25) is 0 Å². The Kier molecular flexibility index (Phi) is 2.85. The maximum atomic E-state index is 5.62. The second-order valence-electron chi connectivity index (χ2n) is 3.88. The van der Waals surface area contributed by atoms with Gasteiger partial charge in [-0.2, -0.15) is 0 Å². The highest BCUT2D eigenvalue weighted by molar-refractivity contribution is 5.51. The van der Waals surface area contributed by atoms with Crippen LogP contribution in [0.1, 0.15) is 12.0 Å². The van der Waals surface area contributed by atoms with Crippen LogP contribution in [0.3, 0.4) is 0 Å². The molecule has 0 saturated carbocycles. The van der Waals surface area contributed by atoms with Crippen molar-refractivity contribution in [3.05, 3.63) is 36.2 Å². The minimum absolute atomic E-state index is 0.131. The molecule has 1 atom stereocenters. The van der Waals surface area contributed by atoms with Gasteiger partial charge in [0.2, 0.25) is 11.8 Å². The normalized spacial score (nSPS) is 20.4. The number of morpholine rings is 1. The van der Waals surface area contributed by atoms with Gasteiger partial charge in [-0.15, -0.1) is 10.2 Å². The van der Waals surface area contributed by atoms with Crippen molar-refractivity contribution in [1.29, 1.82) is 0 Å². The number of nitrogens with one attached hydrogen (secondary N) is 1. The van der Waals surface area contributed by atoms with Gasteiger partial charge in [0.05, 0.1) is 6.61 Å². The van der Waals surface area contributed by atoms with E-state index in [2.05, 4.69) is 15.5 Å². The van der Waals surface area contributed by atoms with Gasteiger partial charge in [-0.1, -0.05) is 18.2 Å². The predicted molar refractivity (Wildman–Crippen MR) is 61.3 cm³/mol. The summed E-state index contributed by atoms with van der Waals surface area (Å²) in [7, 11) is 0. The van der Waals surface area contributed by atoms with E-state index < -0.39 is 0 Å². The van der Waals surface area contributed by atoms with E-state index in [9.17, 15) is 0 Å². The van der Waals surface area contributed by atoms with Gasteiger partial charge in [-0.3, -0.25) is 0 Å². The summed E-state index contributed by atoms with van der Waals surface area (Å²) >= 11 is 0. The van der Waals surface area contributed by atoms with E-state index in [4.69, 9.17) is 9.15 Å².